The Morgan fingerprint density at radius 1 is 1.21 bits per heavy atom. The molecule has 0 heterocycles. The molecule has 0 unspecified atom stereocenters. The average Bonchev–Trinajstić information content (AvgIpc) is 2.18. The Morgan fingerprint density at radius 2 is 1.93 bits per heavy atom. The lowest BCUT2D eigenvalue weighted by molar-refractivity contribution is 0.687. The van der Waals surface area contributed by atoms with E-state index in [-0.39, 0.29) is 0 Å². The first-order chi connectivity index (χ1) is 6.75. The van der Waals surface area contributed by atoms with E-state index in [1.807, 2.05) is 17.1 Å². The molecule has 0 aliphatic rings. The van der Waals surface area contributed by atoms with Crippen molar-refractivity contribution in [2.45, 2.75) is 33.1 Å². The van der Waals surface area contributed by atoms with Gasteiger partial charge in [0, 0.05) is 6.54 Å². The van der Waals surface area contributed by atoms with Crippen LogP contribution < -0.4 is 10.9 Å². The van der Waals surface area contributed by atoms with E-state index >= 15 is 0 Å². The van der Waals surface area contributed by atoms with Crippen molar-refractivity contribution in [3.63, 3.8) is 0 Å². The highest BCUT2D eigenvalue weighted by Gasteiger charge is 2.02. The van der Waals surface area contributed by atoms with Crippen molar-refractivity contribution in [2.24, 2.45) is 5.84 Å². The fraction of sp³-hybridized carbons (Fsp3) is 0.500. The third-order valence-corrected chi connectivity index (χ3v) is 2.43. The fourth-order valence-corrected chi connectivity index (χ4v) is 1.54. The van der Waals surface area contributed by atoms with Crippen LogP contribution in [0, 0.1) is 6.92 Å². The van der Waals surface area contributed by atoms with Gasteiger partial charge in [-0.25, -0.2) is 5.84 Å². The van der Waals surface area contributed by atoms with E-state index in [1.165, 1.54) is 24.8 Å². The minimum atomic E-state index is 0.943. The molecular formula is C12H20N2. The number of unbranched alkanes of at least 4 members (excludes halogenated alkanes) is 2. The van der Waals surface area contributed by atoms with E-state index in [4.69, 9.17) is 5.84 Å². The summed E-state index contributed by atoms with van der Waals surface area (Å²) in [5.41, 5.74) is 2.38. The summed E-state index contributed by atoms with van der Waals surface area (Å²) >= 11 is 0. The van der Waals surface area contributed by atoms with Gasteiger partial charge in [0.1, 0.15) is 0 Å². The van der Waals surface area contributed by atoms with Gasteiger partial charge in [-0.2, -0.15) is 0 Å². The van der Waals surface area contributed by atoms with Gasteiger partial charge in [-0.1, -0.05) is 38.0 Å². The molecule has 2 heteroatoms. The minimum Gasteiger partial charge on any atom is -0.311 e. The number of nitrogens with two attached hydrogens (primary N) is 1. The van der Waals surface area contributed by atoms with Gasteiger partial charge >= 0.3 is 0 Å². The molecule has 1 aromatic rings. The van der Waals surface area contributed by atoms with Crippen molar-refractivity contribution in [3.8, 4) is 0 Å². The highest BCUT2D eigenvalue weighted by Crippen LogP contribution is 2.16. The van der Waals surface area contributed by atoms with Gasteiger partial charge in [-0.15, -0.1) is 0 Å². The van der Waals surface area contributed by atoms with Crippen LogP contribution in [0.2, 0.25) is 0 Å². The topological polar surface area (TPSA) is 29.3 Å². The lowest BCUT2D eigenvalue weighted by Gasteiger charge is -2.20. The summed E-state index contributed by atoms with van der Waals surface area (Å²) in [7, 11) is 0. The zero-order valence-electron chi connectivity index (χ0n) is 9.16. The van der Waals surface area contributed by atoms with Gasteiger partial charge in [-0.05, 0) is 25.0 Å². The number of nitrogens with zero attached hydrogens (tertiary/aromatic N) is 1. The third-order valence-electron chi connectivity index (χ3n) is 2.43. The number of anilines is 1. The molecule has 0 spiro atoms. The molecule has 0 saturated heterocycles. The Balaban J connectivity index is 2.51. The van der Waals surface area contributed by atoms with E-state index in [0.717, 1.165) is 12.2 Å². The molecule has 0 fully saturated rings. The van der Waals surface area contributed by atoms with Crippen LogP contribution in [-0.4, -0.2) is 6.54 Å². The Kier molecular flexibility index (Phi) is 4.47. The number of aryl methyl sites for hydroxylation is 1. The van der Waals surface area contributed by atoms with Crippen LogP contribution in [0.4, 0.5) is 5.69 Å². The molecule has 2 N–H and O–H groups in total. The predicted molar refractivity (Wildman–Crippen MR) is 62.2 cm³/mol. The molecule has 0 radical (unpaired) electrons. The molecule has 2 nitrogen and oxygen atoms in total. The van der Waals surface area contributed by atoms with Crippen LogP contribution in [0.15, 0.2) is 24.3 Å². The number of hydrogen-bond donors (Lipinski definition) is 1. The normalized spacial score (nSPS) is 10.2. The van der Waals surface area contributed by atoms with Crippen LogP contribution >= 0.6 is 0 Å². The van der Waals surface area contributed by atoms with Crippen LogP contribution in [0.25, 0.3) is 0 Å². The first-order valence-electron chi connectivity index (χ1n) is 5.33. The quantitative estimate of drug-likeness (QED) is 0.441. The van der Waals surface area contributed by atoms with Crippen molar-refractivity contribution in [1.29, 1.82) is 0 Å². The second kappa shape index (κ2) is 5.66. The Hall–Kier alpha value is -1.02. The summed E-state index contributed by atoms with van der Waals surface area (Å²) in [4.78, 5) is 0. The second-order valence-electron chi connectivity index (χ2n) is 3.69. The average molecular weight is 192 g/mol. The molecule has 0 bridgehead atoms. The monoisotopic (exact) mass is 192 g/mol. The van der Waals surface area contributed by atoms with E-state index in [9.17, 15) is 0 Å². The van der Waals surface area contributed by atoms with Crippen LogP contribution in [0.3, 0.4) is 0 Å². The lowest BCUT2D eigenvalue weighted by Crippen LogP contribution is -2.32. The number of hydrazine groups is 1. The number of para-hydroxylation sites is 1. The first kappa shape index (κ1) is 11.1. The van der Waals surface area contributed by atoms with Gasteiger partial charge in [0.2, 0.25) is 0 Å². The highest BCUT2D eigenvalue weighted by atomic mass is 15.4. The fourth-order valence-electron chi connectivity index (χ4n) is 1.54. The molecule has 0 amide bonds. The largest absolute Gasteiger partial charge is 0.311 e. The van der Waals surface area contributed by atoms with E-state index in [0.29, 0.717) is 0 Å². The molecule has 14 heavy (non-hydrogen) atoms. The van der Waals surface area contributed by atoms with E-state index in [2.05, 4.69) is 26.0 Å². The van der Waals surface area contributed by atoms with Gasteiger partial charge in [-0.3, -0.25) is 0 Å². The molecule has 1 rings (SSSR count). The summed E-state index contributed by atoms with van der Waals surface area (Å²) < 4.78 is 0. The van der Waals surface area contributed by atoms with Crippen LogP contribution in [-0.2, 0) is 0 Å². The maximum absolute atomic E-state index is 5.97. The van der Waals surface area contributed by atoms with E-state index < -0.39 is 0 Å². The Morgan fingerprint density at radius 3 is 2.57 bits per heavy atom. The molecule has 0 aliphatic carbocycles. The first-order valence-corrected chi connectivity index (χ1v) is 5.33. The van der Waals surface area contributed by atoms with Crippen molar-refractivity contribution >= 4 is 5.69 Å². The van der Waals surface area contributed by atoms with Crippen molar-refractivity contribution in [2.75, 3.05) is 11.6 Å². The zero-order chi connectivity index (χ0) is 10.4. The number of benzene rings is 1. The van der Waals surface area contributed by atoms with Crippen molar-refractivity contribution in [1.82, 2.24) is 0 Å². The SMILES string of the molecule is CCCCCN(N)c1ccccc1C. The van der Waals surface area contributed by atoms with Crippen LogP contribution in [0.5, 0.6) is 0 Å². The Labute approximate surface area is 86.7 Å². The molecule has 0 atom stereocenters. The summed E-state index contributed by atoms with van der Waals surface area (Å²) in [5, 5.41) is 1.85. The molecule has 1 aromatic carbocycles. The smallest absolute Gasteiger partial charge is 0.0546 e. The van der Waals surface area contributed by atoms with Gasteiger partial charge in [0.15, 0.2) is 0 Å². The zero-order valence-corrected chi connectivity index (χ0v) is 9.16. The predicted octanol–water partition coefficient (Wildman–Crippen LogP) is 2.87. The summed E-state index contributed by atoms with van der Waals surface area (Å²) in [6.45, 7) is 5.24. The minimum absolute atomic E-state index is 0.943. The van der Waals surface area contributed by atoms with Crippen molar-refractivity contribution in [3.05, 3.63) is 29.8 Å². The summed E-state index contributed by atoms with van der Waals surface area (Å²) in [5.74, 6) is 5.97. The van der Waals surface area contributed by atoms with Gasteiger partial charge in [0.05, 0.1) is 5.69 Å². The van der Waals surface area contributed by atoms with Gasteiger partial charge in [0.25, 0.3) is 0 Å². The Bertz CT molecular complexity index is 271. The highest BCUT2D eigenvalue weighted by molar-refractivity contribution is 5.51. The molecule has 0 aliphatic heterocycles. The summed E-state index contributed by atoms with van der Waals surface area (Å²) in [6, 6.07) is 8.23. The number of rotatable bonds is 5. The van der Waals surface area contributed by atoms with E-state index in [1.54, 1.807) is 0 Å². The molecule has 78 valence electrons. The standard InChI is InChI=1S/C12H20N2/c1-3-4-7-10-14(13)12-9-6-5-8-11(12)2/h5-6,8-9H,3-4,7,10,13H2,1-2H3. The molecule has 0 aromatic heterocycles. The maximum atomic E-state index is 5.97. The number of hydrogen-bond acceptors (Lipinski definition) is 2. The molecule has 0 saturated carbocycles. The van der Waals surface area contributed by atoms with Crippen LogP contribution in [0.1, 0.15) is 31.7 Å². The maximum Gasteiger partial charge on any atom is 0.0546 e. The second-order valence-corrected chi connectivity index (χ2v) is 3.69. The summed E-state index contributed by atoms with van der Waals surface area (Å²) in [6.07, 6.45) is 3.66. The molecular weight excluding hydrogens is 172 g/mol. The third kappa shape index (κ3) is 3.04. The van der Waals surface area contributed by atoms with Gasteiger partial charge < -0.3 is 5.01 Å². The lowest BCUT2D eigenvalue weighted by atomic mass is 10.2. The van der Waals surface area contributed by atoms with Crippen molar-refractivity contribution < 1.29 is 0 Å².